The molecule has 0 atom stereocenters. The van der Waals surface area contributed by atoms with Crippen LogP contribution in [-0.2, 0) is 13.1 Å². The van der Waals surface area contributed by atoms with Gasteiger partial charge >= 0.3 is 6.03 Å². The molecule has 2 amide bonds. The predicted molar refractivity (Wildman–Crippen MR) is 113 cm³/mol. The van der Waals surface area contributed by atoms with Crippen molar-refractivity contribution in [3.05, 3.63) is 96.6 Å². The molecule has 1 aromatic heterocycles. The molecule has 150 valence electrons. The molecule has 0 aliphatic rings. The fourth-order valence-electron chi connectivity index (χ4n) is 3.05. The number of carbonyl (C=O) groups is 1. The second-order valence-electron chi connectivity index (χ2n) is 6.55. The fraction of sp³-hybridized carbons (Fsp3) is 0.174. The van der Waals surface area contributed by atoms with Crippen LogP contribution in [0.15, 0.2) is 79.5 Å². The zero-order valence-electron chi connectivity index (χ0n) is 16.3. The fourth-order valence-corrected chi connectivity index (χ4v) is 3.05. The molecular weight excluding hydrogens is 369 g/mol. The number of urea groups is 1. The molecule has 0 spiro atoms. The molecule has 0 fully saturated rings. The van der Waals surface area contributed by atoms with E-state index < -0.39 is 0 Å². The van der Waals surface area contributed by atoms with Gasteiger partial charge in [-0.3, -0.25) is 0 Å². The number of benzene rings is 2. The molecule has 0 saturated heterocycles. The molecule has 1 N–H and O–H groups in total. The maximum absolute atomic E-state index is 13.1. The van der Waals surface area contributed by atoms with Gasteiger partial charge in [0, 0.05) is 25.0 Å². The van der Waals surface area contributed by atoms with Gasteiger partial charge in [0.2, 0.25) is 0 Å². The summed E-state index contributed by atoms with van der Waals surface area (Å²) in [5.74, 6) is 0.339. The molecule has 29 heavy (non-hydrogen) atoms. The molecule has 0 aliphatic heterocycles. The van der Waals surface area contributed by atoms with Gasteiger partial charge in [-0.2, -0.15) is 0 Å². The summed E-state index contributed by atoms with van der Waals surface area (Å²) in [5.41, 5.74) is 2.56. The largest absolute Gasteiger partial charge is 0.495 e. The number of nitrogens with one attached hydrogen (secondary N) is 1. The summed E-state index contributed by atoms with van der Waals surface area (Å²) in [7, 11) is 1.56. The maximum Gasteiger partial charge on any atom is 0.322 e. The SMILES string of the molecule is C=CCN(Cc1cccn1Cc1ccc(F)cc1)C(=O)Nc1ccccc1OC. The van der Waals surface area contributed by atoms with Crippen molar-refractivity contribution >= 4 is 11.7 Å². The summed E-state index contributed by atoms with van der Waals surface area (Å²) < 4.78 is 20.5. The normalized spacial score (nSPS) is 10.4. The van der Waals surface area contributed by atoms with Gasteiger partial charge in [-0.15, -0.1) is 6.58 Å². The summed E-state index contributed by atoms with van der Waals surface area (Å²) in [5, 5.41) is 2.90. The molecule has 0 aliphatic carbocycles. The van der Waals surface area contributed by atoms with Gasteiger partial charge in [-0.25, -0.2) is 9.18 Å². The number of methoxy groups -OCH3 is 1. The highest BCUT2D eigenvalue weighted by Gasteiger charge is 2.16. The number of anilines is 1. The van der Waals surface area contributed by atoms with Crippen LogP contribution >= 0.6 is 0 Å². The Morgan fingerprint density at radius 3 is 2.66 bits per heavy atom. The van der Waals surface area contributed by atoms with E-state index in [-0.39, 0.29) is 11.8 Å². The van der Waals surface area contributed by atoms with Crippen molar-refractivity contribution < 1.29 is 13.9 Å². The third-order valence-corrected chi connectivity index (χ3v) is 4.53. The third kappa shape index (κ3) is 5.25. The minimum atomic E-state index is -0.258. The van der Waals surface area contributed by atoms with Crippen LogP contribution in [0.25, 0.3) is 0 Å². The summed E-state index contributed by atoms with van der Waals surface area (Å²) >= 11 is 0. The quantitative estimate of drug-likeness (QED) is 0.553. The lowest BCUT2D eigenvalue weighted by Gasteiger charge is -2.23. The molecule has 6 heteroatoms. The van der Waals surface area contributed by atoms with Crippen molar-refractivity contribution in [2.45, 2.75) is 13.1 Å². The number of hydrogen-bond donors (Lipinski definition) is 1. The van der Waals surface area contributed by atoms with E-state index in [9.17, 15) is 9.18 Å². The van der Waals surface area contributed by atoms with E-state index in [1.165, 1.54) is 12.1 Å². The minimum Gasteiger partial charge on any atom is -0.495 e. The standard InChI is InChI=1S/C23H24FN3O2/c1-3-14-27(23(28)25-21-8-4-5-9-22(21)29-2)17-20-7-6-15-26(20)16-18-10-12-19(24)13-11-18/h3-13,15H,1,14,16-17H2,2H3,(H,25,28). The van der Waals surface area contributed by atoms with Crippen molar-refractivity contribution in [2.24, 2.45) is 0 Å². The number of aromatic nitrogens is 1. The highest BCUT2D eigenvalue weighted by Crippen LogP contribution is 2.23. The van der Waals surface area contributed by atoms with Gasteiger partial charge < -0.3 is 19.5 Å². The lowest BCUT2D eigenvalue weighted by Crippen LogP contribution is -2.35. The van der Waals surface area contributed by atoms with Crippen molar-refractivity contribution in [2.75, 3.05) is 19.0 Å². The van der Waals surface area contributed by atoms with Crippen LogP contribution in [-0.4, -0.2) is 29.2 Å². The summed E-state index contributed by atoms with van der Waals surface area (Å²) in [6, 6.07) is 17.3. The smallest absolute Gasteiger partial charge is 0.322 e. The number of para-hydroxylation sites is 2. The first-order valence-corrected chi connectivity index (χ1v) is 9.29. The lowest BCUT2D eigenvalue weighted by molar-refractivity contribution is 0.213. The zero-order valence-corrected chi connectivity index (χ0v) is 16.3. The van der Waals surface area contributed by atoms with E-state index in [0.717, 1.165) is 11.3 Å². The number of nitrogens with zero attached hydrogens (tertiary/aromatic N) is 2. The number of halogens is 1. The van der Waals surface area contributed by atoms with Gasteiger partial charge in [0.1, 0.15) is 11.6 Å². The average molecular weight is 393 g/mol. The molecule has 0 unspecified atom stereocenters. The molecule has 0 bridgehead atoms. The molecule has 5 nitrogen and oxygen atoms in total. The minimum absolute atomic E-state index is 0.246. The molecule has 1 heterocycles. The van der Waals surface area contributed by atoms with Crippen molar-refractivity contribution in [3.8, 4) is 5.75 Å². The lowest BCUT2D eigenvalue weighted by atomic mass is 10.2. The van der Waals surface area contributed by atoms with Crippen LogP contribution < -0.4 is 10.1 Å². The predicted octanol–water partition coefficient (Wildman–Crippen LogP) is 4.90. The maximum atomic E-state index is 13.1. The number of carbonyl (C=O) groups excluding carboxylic acids is 1. The monoisotopic (exact) mass is 393 g/mol. The number of amides is 2. The van der Waals surface area contributed by atoms with E-state index in [4.69, 9.17) is 4.74 Å². The van der Waals surface area contributed by atoms with Crippen LogP contribution in [0.3, 0.4) is 0 Å². The van der Waals surface area contributed by atoms with Crippen molar-refractivity contribution in [3.63, 3.8) is 0 Å². The summed E-state index contributed by atoms with van der Waals surface area (Å²) in [6.07, 6.45) is 3.64. The Morgan fingerprint density at radius 2 is 1.93 bits per heavy atom. The second-order valence-corrected chi connectivity index (χ2v) is 6.55. The Kier molecular flexibility index (Phi) is 6.68. The first kappa shape index (κ1) is 20.2. The van der Waals surface area contributed by atoms with Gasteiger partial charge in [0.25, 0.3) is 0 Å². The Hall–Kier alpha value is -3.54. The second kappa shape index (κ2) is 9.59. The van der Waals surface area contributed by atoms with Crippen LogP contribution in [0.1, 0.15) is 11.3 Å². The molecule has 0 radical (unpaired) electrons. The molecule has 0 saturated carbocycles. The van der Waals surface area contributed by atoms with Gasteiger partial charge in [-0.05, 0) is 42.0 Å². The highest BCUT2D eigenvalue weighted by atomic mass is 19.1. The summed E-state index contributed by atoms with van der Waals surface area (Å²) in [4.78, 5) is 14.5. The van der Waals surface area contributed by atoms with E-state index in [0.29, 0.717) is 31.1 Å². The molecular formula is C23H24FN3O2. The van der Waals surface area contributed by atoms with Crippen molar-refractivity contribution in [1.82, 2.24) is 9.47 Å². The Bertz CT molecular complexity index is 966. The number of hydrogen-bond acceptors (Lipinski definition) is 2. The zero-order chi connectivity index (χ0) is 20.6. The van der Waals surface area contributed by atoms with Crippen LogP contribution in [0.5, 0.6) is 5.75 Å². The average Bonchev–Trinajstić information content (AvgIpc) is 3.16. The van der Waals surface area contributed by atoms with E-state index in [2.05, 4.69) is 11.9 Å². The van der Waals surface area contributed by atoms with Crippen LogP contribution in [0, 0.1) is 5.82 Å². The topological polar surface area (TPSA) is 46.5 Å². The van der Waals surface area contributed by atoms with Gasteiger partial charge in [-0.1, -0.05) is 30.3 Å². The number of ether oxygens (including phenoxy) is 1. The van der Waals surface area contributed by atoms with E-state index in [1.54, 1.807) is 42.4 Å². The first-order chi connectivity index (χ1) is 14.1. The molecule has 2 aromatic carbocycles. The van der Waals surface area contributed by atoms with Crippen molar-refractivity contribution in [1.29, 1.82) is 0 Å². The van der Waals surface area contributed by atoms with Gasteiger partial charge in [0.05, 0.1) is 19.3 Å². The van der Waals surface area contributed by atoms with Crippen LogP contribution in [0.2, 0.25) is 0 Å². The Balaban J connectivity index is 1.73. The third-order valence-electron chi connectivity index (χ3n) is 4.53. The molecule has 3 aromatic rings. The Morgan fingerprint density at radius 1 is 1.17 bits per heavy atom. The van der Waals surface area contributed by atoms with E-state index >= 15 is 0 Å². The van der Waals surface area contributed by atoms with Crippen LogP contribution in [0.4, 0.5) is 14.9 Å². The van der Waals surface area contributed by atoms with E-state index in [1.807, 2.05) is 35.0 Å². The molecule has 3 rings (SSSR count). The summed E-state index contributed by atoms with van der Waals surface area (Å²) in [6.45, 7) is 5.15. The highest BCUT2D eigenvalue weighted by molar-refractivity contribution is 5.91. The number of rotatable bonds is 8. The Labute approximate surface area is 170 Å². The first-order valence-electron chi connectivity index (χ1n) is 9.29. The van der Waals surface area contributed by atoms with Gasteiger partial charge in [0.15, 0.2) is 0 Å².